The van der Waals surface area contributed by atoms with Crippen molar-refractivity contribution in [3.8, 4) is 17.2 Å². The zero-order valence-corrected chi connectivity index (χ0v) is 16.1. The zero-order chi connectivity index (χ0) is 18.6. The first-order valence-corrected chi connectivity index (χ1v) is 9.75. The van der Waals surface area contributed by atoms with Crippen LogP contribution in [0, 0.1) is 0 Å². The molecule has 1 aromatic heterocycles. The van der Waals surface area contributed by atoms with Crippen molar-refractivity contribution in [2.24, 2.45) is 0 Å². The van der Waals surface area contributed by atoms with Crippen LogP contribution in [-0.2, 0) is 6.42 Å². The molecule has 1 aliphatic rings. The molecule has 0 bridgehead atoms. The lowest BCUT2D eigenvalue weighted by atomic mass is 10.1. The maximum absolute atomic E-state index is 5.98. The van der Waals surface area contributed by atoms with Gasteiger partial charge in [0.15, 0.2) is 5.58 Å². The van der Waals surface area contributed by atoms with E-state index in [1.807, 2.05) is 30.3 Å². The molecule has 0 unspecified atom stereocenters. The molecule has 142 valence electrons. The number of benzene rings is 2. The average Bonchev–Trinajstić information content (AvgIpc) is 3.13. The van der Waals surface area contributed by atoms with Crippen molar-refractivity contribution in [1.82, 2.24) is 14.8 Å². The summed E-state index contributed by atoms with van der Waals surface area (Å²) in [6.07, 6.45) is 0.995. The van der Waals surface area contributed by atoms with E-state index in [1.165, 1.54) is 5.56 Å². The number of ether oxygens (including phenoxy) is 1. The molecule has 1 fully saturated rings. The first kappa shape index (κ1) is 18.0. The molecule has 5 heteroatoms. The van der Waals surface area contributed by atoms with Gasteiger partial charge in [-0.1, -0.05) is 19.1 Å². The van der Waals surface area contributed by atoms with Gasteiger partial charge in [0.25, 0.3) is 0 Å². The number of fused-ring (bicyclic) bond motifs is 1. The Morgan fingerprint density at radius 1 is 1.07 bits per heavy atom. The predicted octanol–water partition coefficient (Wildman–Crippen LogP) is 3.68. The zero-order valence-electron chi connectivity index (χ0n) is 16.1. The summed E-state index contributed by atoms with van der Waals surface area (Å²) in [6, 6.07) is 14.2. The topological polar surface area (TPSA) is 41.7 Å². The van der Waals surface area contributed by atoms with E-state index >= 15 is 0 Å². The third kappa shape index (κ3) is 4.31. The summed E-state index contributed by atoms with van der Waals surface area (Å²) in [7, 11) is 2.18. The average molecular weight is 365 g/mol. The Morgan fingerprint density at radius 3 is 2.74 bits per heavy atom. The summed E-state index contributed by atoms with van der Waals surface area (Å²) in [5.74, 6) is 1.50. The molecule has 2 aromatic carbocycles. The SMILES string of the molecule is CCc1ccc2oc(-c3cccc(OCCN4CCN(C)CC4)c3)nc2c1. The lowest BCUT2D eigenvalue weighted by Crippen LogP contribution is -2.45. The standard InChI is InChI=1S/C22H27N3O2/c1-3-17-7-8-21-20(15-17)23-22(27-21)18-5-4-6-19(16-18)26-14-13-25-11-9-24(2)10-12-25/h4-8,15-16H,3,9-14H2,1-2H3. The number of oxazole rings is 1. The van der Waals surface area contributed by atoms with Gasteiger partial charge in [0.2, 0.25) is 5.89 Å². The van der Waals surface area contributed by atoms with E-state index in [0.29, 0.717) is 12.5 Å². The van der Waals surface area contributed by atoms with E-state index in [4.69, 9.17) is 9.15 Å². The molecule has 27 heavy (non-hydrogen) atoms. The monoisotopic (exact) mass is 365 g/mol. The van der Waals surface area contributed by atoms with E-state index < -0.39 is 0 Å². The van der Waals surface area contributed by atoms with Gasteiger partial charge in [0.05, 0.1) is 0 Å². The summed E-state index contributed by atoms with van der Waals surface area (Å²) in [5, 5.41) is 0. The number of piperazine rings is 1. The second-order valence-corrected chi connectivity index (χ2v) is 7.20. The summed E-state index contributed by atoms with van der Waals surface area (Å²) < 4.78 is 11.9. The van der Waals surface area contributed by atoms with Crippen molar-refractivity contribution in [3.05, 3.63) is 48.0 Å². The molecule has 0 saturated carbocycles. The lowest BCUT2D eigenvalue weighted by Gasteiger charge is -2.32. The number of aromatic nitrogens is 1. The number of likely N-dealkylation sites (N-methyl/N-ethyl adjacent to an activating group) is 1. The van der Waals surface area contributed by atoms with Gasteiger partial charge in [0.1, 0.15) is 17.9 Å². The maximum Gasteiger partial charge on any atom is 0.227 e. The molecule has 0 amide bonds. The highest BCUT2D eigenvalue weighted by Gasteiger charge is 2.13. The van der Waals surface area contributed by atoms with Gasteiger partial charge in [-0.15, -0.1) is 0 Å². The van der Waals surface area contributed by atoms with Crippen molar-refractivity contribution in [2.75, 3.05) is 46.4 Å². The second-order valence-electron chi connectivity index (χ2n) is 7.20. The summed E-state index contributed by atoms with van der Waals surface area (Å²) >= 11 is 0. The molecule has 0 radical (unpaired) electrons. The fourth-order valence-electron chi connectivity index (χ4n) is 3.40. The molecule has 5 nitrogen and oxygen atoms in total. The van der Waals surface area contributed by atoms with E-state index in [0.717, 1.165) is 61.6 Å². The van der Waals surface area contributed by atoms with Crippen LogP contribution in [0.5, 0.6) is 5.75 Å². The number of nitrogens with zero attached hydrogens (tertiary/aromatic N) is 3. The molecular formula is C22H27N3O2. The Balaban J connectivity index is 1.41. The number of aryl methyl sites for hydroxylation is 1. The first-order valence-electron chi connectivity index (χ1n) is 9.75. The van der Waals surface area contributed by atoms with Gasteiger partial charge in [-0.25, -0.2) is 4.98 Å². The highest BCUT2D eigenvalue weighted by molar-refractivity contribution is 5.77. The Kier molecular flexibility index (Phi) is 5.41. The van der Waals surface area contributed by atoms with Crippen molar-refractivity contribution in [3.63, 3.8) is 0 Å². The van der Waals surface area contributed by atoms with Gasteiger partial charge in [-0.05, 0) is 49.4 Å². The summed E-state index contributed by atoms with van der Waals surface area (Å²) in [6.45, 7) is 8.29. The van der Waals surface area contributed by atoms with Crippen LogP contribution >= 0.6 is 0 Å². The Morgan fingerprint density at radius 2 is 1.93 bits per heavy atom. The predicted molar refractivity (Wildman–Crippen MR) is 108 cm³/mol. The van der Waals surface area contributed by atoms with Gasteiger partial charge in [0, 0.05) is 38.3 Å². The molecule has 1 saturated heterocycles. The number of rotatable bonds is 6. The third-order valence-corrected chi connectivity index (χ3v) is 5.21. The molecular weight excluding hydrogens is 338 g/mol. The fourth-order valence-corrected chi connectivity index (χ4v) is 3.40. The maximum atomic E-state index is 5.98. The number of hydrogen-bond donors (Lipinski definition) is 0. The molecule has 0 spiro atoms. The molecule has 4 rings (SSSR count). The van der Waals surface area contributed by atoms with E-state index in [1.54, 1.807) is 0 Å². The van der Waals surface area contributed by atoms with Crippen LogP contribution in [0.15, 0.2) is 46.9 Å². The van der Waals surface area contributed by atoms with Crippen molar-refractivity contribution < 1.29 is 9.15 Å². The van der Waals surface area contributed by atoms with Crippen molar-refractivity contribution >= 4 is 11.1 Å². The fraction of sp³-hybridized carbons (Fsp3) is 0.409. The van der Waals surface area contributed by atoms with Crippen LogP contribution in [0.3, 0.4) is 0 Å². The minimum Gasteiger partial charge on any atom is -0.492 e. The van der Waals surface area contributed by atoms with Crippen LogP contribution in [0.4, 0.5) is 0 Å². The Labute approximate surface area is 160 Å². The van der Waals surface area contributed by atoms with Crippen molar-refractivity contribution in [2.45, 2.75) is 13.3 Å². The molecule has 1 aliphatic heterocycles. The van der Waals surface area contributed by atoms with Gasteiger partial charge < -0.3 is 14.1 Å². The lowest BCUT2D eigenvalue weighted by molar-refractivity contribution is 0.134. The summed E-state index contributed by atoms with van der Waals surface area (Å²) in [5.41, 5.74) is 3.94. The van der Waals surface area contributed by atoms with E-state index in [9.17, 15) is 0 Å². The van der Waals surface area contributed by atoms with Gasteiger partial charge >= 0.3 is 0 Å². The van der Waals surface area contributed by atoms with Gasteiger partial charge in [-0.2, -0.15) is 0 Å². The molecule has 0 atom stereocenters. The first-order chi connectivity index (χ1) is 13.2. The van der Waals surface area contributed by atoms with Crippen LogP contribution in [0.1, 0.15) is 12.5 Å². The quantitative estimate of drug-likeness (QED) is 0.666. The molecule has 0 aliphatic carbocycles. The number of hydrogen-bond acceptors (Lipinski definition) is 5. The third-order valence-electron chi connectivity index (χ3n) is 5.21. The summed E-state index contributed by atoms with van der Waals surface area (Å²) in [4.78, 5) is 9.48. The minimum atomic E-state index is 0.641. The van der Waals surface area contributed by atoms with Crippen LogP contribution in [0.2, 0.25) is 0 Å². The van der Waals surface area contributed by atoms with Crippen molar-refractivity contribution in [1.29, 1.82) is 0 Å². The Hall–Kier alpha value is -2.37. The normalized spacial score (nSPS) is 16.1. The van der Waals surface area contributed by atoms with Crippen LogP contribution < -0.4 is 4.74 Å². The largest absolute Gasteiger partial charge is 0.492 e. The van der Waals surface area contributed by atoms with E-state index in [-0.39, 0.29) is 0 Å². The smallest absolute Gasteiger partial charge is 0.227 e. The molecule has 0 N–H and O–H groups in total. The minimum absolute atomic E-state index is 0.641. The Bertz CT molecular complexity index is 897. The van der Waals surface area contributed by atoms with Gasteiger partial charge in [-0.3, -0.25) is 4.90 Å². The van der Waals surface area contributed by atoms with Crippen LogP contribution in [0.25, 0.3) is 22.6 Å². The van der Waals surface area contributed by atoms with Crippen LogP contribution in [-0.4, -0.2) is 61.2 Å². The molecule has 3 aromatic rings. The van der Waals surface area contributed by atoms with E-state index in [2.05, 4.69) is 40.9 Å². The molecule has 2 heterocycles. The second kappa shape index (κ2) is 8.11. The highest BCUT2D eigenvalue weighted by Crippen LogP contribution is 2.27. The highest BCUT2D eigenvalue weighted by atomic mass is 16.5.